The van der Waals surface area contributed by atoms with Gasteiger partial charge in [-0.15, -0.1) is 0 Å². The van der Waals surface area contributed by atoms with Gasteiger partial charge in [0, 0.05) is 23.7 Å². The maximum Gasteiger partial charge on any atom is 0.308 e. The van der Waals surface area contributed by atoms with Crippen molar-refractivity contribution in [3.8, 4) is 11.1 Å². The summed E-state index contributed by atoms with van der Waals surface area (Å²) < 4.78 is 15.0. The smallest absolute Gasteiger partial charge is 0.308 e. The van der Waals surface area contributed by atoms with Gasteiger partial charge in [0.1, 0.15) is 18.0 Å². The Morgan fingerprint density at radius 1 is 1.29 bits per heavy atom. The number of carbonyl (C=O) groups is 1. The summed E-state index contributed by atoms with van der Waals surface area (Å²) in [6.45, 7) is 2.90. The van der Waals surface area contributed by atoms with Gasteiger partial charge in [-0.1, -0.05) is 23.7 Å². The van der Waals surface area contributed by atoms with E-state index in [2.05, 4.69) is 9.97 Å². The van der Waals surface area contributed by atoms with Crippen LogP contribution in [-0.2, 0) is 4.79 Å². The van der Waals surface area contributed by atoms with Crippen LogP contribution in [0.4, 0.5) is 10.2 Å². The first-order chi connectivity index (χ1) is 13.5. The number of carboxylic acids is 1. The summed E-state index contributed by atoms with van der Waals surface area (Å²) in [5, 5.41) is 10.5. The Bertz CT molecular complexity index is 1070. The second kappa shape index (κ2) is 7.36. The number of aryl methyl sites for hydroxylation is 1. The number of carboxylic acid groups (broad SMARTS) is 1. The van der Waals surface area contributed by atoms with E-state index < -0.39 is 17.7 Å². The molecule has 0 aliphatic carbocycles. The van der Waals surface area contributed by atoms with E-state index in [0.29, 0.717) is 52.4 Å². The molecule has 1 N–H and O–H groups in total. The lowest BCUT2D eigenvalue weighted by molar-refractivity contribution is -0.141. The van der Waals surface area contributed by atoms with E-state index in [1.807, 2.05) is 24.0 Å². The van der Waals surface area contributed by atoms with Gasteiger partial charge in [-0.05, 0) is 49.1 Å². The molecular formula is C21H19ClFN3O2. The highest BCUT2D eigenvalue weighted by atomic mass is 35.5. The molecule has 2 heterocycles. The molecule has 0 unspecified atom stereocenters. The van der Waals surface area contributed by atoms with Gasteiger partial charge in [-0.3, -0.25) is 4.79 Å². The van der Waals surface area contributed by atoms with E-state index in [9.17, 15) is 14.3 Å². The highest BCUT2D eigenvalue weighted by molar-refractivity contribution is 6.31. The molecule has 0 amide bonds. The van der Waals surface area contributed by atoms with Gasteiger partial charge in [0.25, 0.3) is 0 Å². The van der Waals surface area contributed by atoms with E-state index in [0.717, 1.165) is 12.0 Å². The number of piperidine rings is 1. The van der Waals surface area contributed by atoms with Crippen LogP contribution in [0, 0.1) is 18.7 Å². The number of fused-ring (bicyclic) bond motifs is 1. The molecular weight excluding hydrogens is 381 g/mol. The minimum absolute atomic E-state index is 0.339. The number of nitrogens with zero attached hydrogens (tertiary/aromatic N) is 3. The third-order valence-electron chi connectivity index (χ3n) is 5.26. The topological polar surface area (TPSA) is 66.3 Å². The molecule has 0 bridgehead atoms. The van der Waals surface area contributed by atoms with Crippen molar-refractivity contribution < 1.29 is 14.3 Å². The van der Waals surface area contributed by atoms with Crippen LogP contribution in [0.2, 0.25) is 5.02 Å². The molecule has 1 aliphatic heterocycles. The molecule has 2 aromatic carbocycles. The van der Waals surface area contributed by atoms with Crippen LogP contribution < -0.4 is 4.90 Å². The number of hydrogen-bond donors (Lipinski definition) is 1. The number of aromatic nitrogens is 2. The number of halogens is 2. The van der Waals surface area contributed by atoms with Crippen LogP contribution in [0.15, 0.2) is 36.7 Å². The summed E-state index contributed by atoms with van der Waals surface area (Å²) in [6.07, 6.45) is 2.80. The minimum Gasteiger partial charge on any atom is -0.481 e. The van der Waals surface area contributed by atoms with E-state index in [-0.39, 0.29) is 0 Å². The van der Waals surface area contributed by atoms with Gasteiger partial charge in [0.05, 0.1) is 16.8 Å². The Labute approximate surface area is 166 Å². The summed E-state index contributed by atoms with van der Waals surface area (Å²) in [5.41, 5.74) is 2.53. The standard InChI is InChI=1S/C21H19ClFN3O2/c1-12-4-5-13(9-15(12)22)18-16(23)6-7-17-19(18)20(25-11-24-17)26-8-2-3-14(10-26)21(27)28/h4-7,9,11,14H,2-3,8,10H2,1H3,(H,27,28)/t14-/m1/s1. The molecule has 1 aromatic heterocycles. The molecule has 5 nitrogen and oxygen atoms in total. The highest BCUT2D eigenvalue weighted by Gasteiger charge is 2.28. The predicted molar refractivity (Wildman–Crippen MR) is 107 cm³/mol. The first-order valence-electron chi connectivity index (χ1n) is 9.13. The Hall–Kier alpha value is -2.73. The summed E-state index contributed by atoms with van der Waals surface area (Å²) in [4.78, 5) is 22.1. The molecule has 1 aliphatic rings. The molecule has 0 radical (unpaired) electrons. The normalized spacial score (nSPS) is 17.1. The van der Waals surface area contributed by atoms with Gasteiger partial charge in [0.2, 0.25) is 0 Å². The van der Waals surface area contributed by atoms with Gasteiger partial charge >= 0.3 is 5.97 Å². The lowest BCUT2D eigenvalue weighted by Gasteiger charge is -2.32. The summed E-state index contributed by atoms with van der Waals surface area (Å²) in [5.74, 6) is -1.12. The van der Waals surface area contributed by atoms with Crippen molar-refractivity contribution in [2.75, 3.05) is 18.0 Å². The Morgan fingerprint density at radius 3 is 2.86 bits per heavy atom. The zero-order chi connectivity index (χ0) is 19.8. The van der Waals surface area contributed by atoms with Gasteiger partial charge < -0.3 is 10.0 Å². The summed E-state index contributed by atoms with van der Waals surface area (Å²) in [6, 6.07) is 8.42. The van der Waals surface area contributed by atoms with Crippen molar-refractivity contribution in [1.29, 1.82) is 0 Å². The Kier molecular flexibility index (Phi) is 4.89. The molecule has 3 aromatic rings. The van der Waals surface area contributed by atoms with Crippen molar-refractivity contribution in [3.05, 3.63) is 53.1 Å². The van der Waals surface area contributed by atoms with Crippen molar-refractivity contribution in [2.24, 2.45) is 5.92 Å². The maximum atomic E-state index is 15.0. The second-order valence-corrected chi connectivity index (χ2v) is 7.51. The van der Waals surface area contributed by atoms with E-state index in [4.69, 9.17) is 11.6 Å². The number of hydrogen-bond acceptors (Lipinski definition) is 4. The average molecular weight is 400 g/mol. The maximum absolute atomic E-state index is 15.0. The SMILES string of the molecule is Cc1ccc(-c2c(F)ccc3ncnc(N4CCC[C@@H](C(=O)O)C4)c23)cc1Cl. The zero-order valence-corrected chi connectivity index (χ0v) is 16.1. The fourth-order valence-electron chi connectivity index (χ4n) is 3.75. The van der Waals surface area contributed by atoms with Crippen molar-refractivity contribution in [2.45, 2.75) is 19.8 Å². The lowest BCUT2D eigenvalue weighted by Crippen LogP contribution is -2.39. The fourth-order valence-corrected chi connectivity index (χ4v) is 3.93. The molecule has 7 heteroatoms. The predicted octanol–water partition coefficient (Wildman–Crippen LogP) is 4.70. The first-order valence-corrected chi connectivity index (χ1v) is 9.51. The number of aliphatic carboxylic acids is 1. The molecule has 144 valence electrons. The molecule has 1 saturated heterocycles. The van der Waals surface area contributed by atoms with Crippen molar-refractivity contribution in [3.63, 3.8) is 0 Å². The summed E-state index contributed by atoms with van der Waals surface area (Å²) in [7, 11) is 0. The molecule has 0 saturated carbocycles. The third-order valence-corrected chi connectivity index (χ3v) is 5.67. The molecule has 1 atom stereocenters. The number of benzene rings is 2. The molecule has 1 fully saturated rings. The third kappa shape index (κ3) is 3.29. The fraction of sp³-hybridized carbons (Fsp3) is 0.286. The monoisotopic (exact) mass is 399 g/mol. The average Bonchev–Trinajstić information content (AvgIpc) is 2.70. The first kappa shape index (κ1) is 18.6. The number of rotatable bonds is 3. The number of anilines is 1. The van der Waals surface area contributed by atoms with Crippen LogP contribution in [-0.4, -0.2) is 34.1 Å². The van der Waals surface area contributed by atoms with Gasteiger partial charge in [0.15, 0.2) is 0 Å². The van der Waals surface area contributed by atoms with Crippen LogP contribution in [0.25, 0.3) is 22.0 Å². The largest absolute Gasteiger partial charge is 0.481 e. The molecule has 0 spiro atoms. The molecule has 4 rings (SSSR count). The van der Waals surface area contributed by atoms with E-state index >= 15 is 0 Å². The van der Waals surface area contributed by atoms with E-state index in [1.54, 1.807) is 12.1 Å². The van der Waals surface area contributed by atoms with Crippen molar-refractivity contribution >= 4 is 34.3 Å². The minimum atomic E-state index is -0.820. The van der Waals surface area contributed by atoms with Crippen LogP contribution in [0.3, 0.4) is 0 Å². The Morgan fingerprint density at radius 2 is 2.11 bits per heavy atom. The highest BCUT2D eigenvalue weighted by Crippen LogP contribution is 2.38. The van der Waals surface area contributed by atoms with Gasteiger partial charge in [-0.2, -0.15) is 0 Å². The van der Waals surface area contributed by atoms with E-state index in [1.165, 1.54) is 12.4 Å². The van der Waals surface area contributed by atoms with Crippen LogP contribution in [0.5, 0.6) is 0 Å². The summed E-state index contributed by atoms with van der Waals surface area (Å²) >= 11 is 6.28. The van der Waals surface area contributed by atoms with Crippen molar-refractivity contribution in [1.82, 2.24) is 9.97 Å². The lowest BCUT2D eigenvalue weighted by atomic mass is 9.96. The zero-order valence-electron chi connectivity index (χ0n) is 15.3. The van der Waals surface area contributed by atoms with Gasteiger partial charge in [-0.25, -0.2) is 14.4 Å². The Balaban J connectivity index is 1.92. The second-order valence-electron chi connectivity index (χ2n) is 7.10. The van der Waals surface area contributed by atoms with Crippen LogP contribution in [0.1, 0.15) is 18.4 Å². The van der Waals surface area contributed by atoms with Crippen LogP contribution >= 0.6 is 11.6 Å². The molecule has 28 heavy (non-hydrogen) atoms. The quantitative estimate of drug-likeness (QED) is 0.691.